The second-order valence-corrected chi connectivity index (χ2v) is 42.5. The average Bonchev–Trinajstić information content (AvgIpc) is 1.64. The molecule has 8 aliphatic rings. The van der Waals surface area contributed by atoms with Crippen LogP contribution < -0.4 is 42.5 Å². The van der Waals surface area contributed by atoms with Gasteiger partial charge < -0.3 is 21.3 Å². The van der Waals surface area contributed by atoms with Gasteiger partial charge in [0.2, 0.25) is 0 Å². The third kappa shape index (κ3) is 29.3. The maximum Gasteiger partial charge on any atom is 0.417 e. The highest BCUT2D eigenvalue weighted by molar-refractivity contribution is 8.19. The van der Waals surface area contributed by atoms with Gasteiger partial charge in [0.25, 0.3) is 44.6 Å². The first-order chi connectivity index (χ1) is 69.0. The summed E-state index contributed by atoms with van der Waals surface area (Å²) in [6, 6.07) is 48.7. The molecule has 8 amide bonds. The number of carbonyl (C=O) groups excluding carboxylic acids is 8. The van der Waals surface area contributed by atoms with E-state index >= 15 is 0 Å². The van der Waals surface area contributed by atoms with E-state index in [0.29, 0.717) is 114 Å². The lowest BCUT2D eigenvalue weighted by atomic mass is 9.83. The van der Waals surface area contributed by atoms with Crippen LogP contribution in [0, 0.1) is 23.7 Å². The van der Waals surface area contributed by atoms with Crippen LogP contribution in [0.4, 0.5) is 32.3 Å². The Kier molecular flexibility index (Phi) is 35.1. The standard InChI is InChI=1S/C28H26F3N5O2S.C26H27N5O2S2.2C25H25N5O2S2/c29-28(30,31)22-6-2-1-5-21(22)23-7-3-4-20(34-23)16-33-18-10-8-17(9-11-18)14-25-32-13-12-19(35-25)15-24-26(37)36-27(38)39-24;1-16(21-3-2-4-22(30-21)18-10-12-34-15-18)28-19-7-5-17(6-8-19)13-24-27-11-9-20(29-24)14-23-25(32)31-26(33)35-23;2*31-24-22(34-25(32)30-24)14-18-10-11-26-23(29-18)13-16-6-8-17(9-7-16)27-15-19-3-1-4-20(28-19)21-5-2-12-33-21/h1-7,12-13,15,17-18,33H,8-11,14,16H2,(H,36,37,38);2-4,9-12,14-17,19,28H,5-8,13H2,1H3,(H,31,32,33);2*1-5,10-12,14,16-17,27H,6-9,13,15H2,(H,30,31,32)/b24-15-;23-14-;2*22-14-. The summed E-state index contributed by atoms with van der Waals surface area (Å²) in [5.41, 5.74) is 10.4. The summed E-state index contributed by atoms with van der Waals surface area (Å²) in [7, 11) is 0. The molecular formula is C104H103F3N20O8S7. The molecule has 15 heterocycles. The highest BCUT2D eigenvalue weighted by Crippen LogP contribution is 2.40. The molecule has 8 N–H and O–H groups in total. The predicted molar refractivity (Wildman–Crippen MR) is 552 cm³/mol. The van der Waals surface area contributed by atoms with Gasteiger partial charge in [-0.3, -0.25) is 79.6 Å². The van der Waals surface area contributed by atoms with Crippen molar-refractivity contribution in [2.75, 3.05) is 0 Å². The van der Waals surface area contributed by atoms with Crippen molar-refractivity contribution in [2.45, 2.75) is 191 Å². The predicted octanol–water partition coefficient (Wildman–Crippen LogP) is 20.8. The number of benzene rings is 1. The number of imide groups is 4. The van der Waals surface area contributed by atoms with Crippen LogP contribution in [-0.2, 0) is 70.7 Å². The number of thiophene rings is 3. The van der Waals surface area contributed by atoms with E-state index in [0.717, 1.165) is 246 Å². The number of hydrogen-bond acceptors (Lipinski definition) is 31. The number of nitrogens with one attached hydrogen (secondary N) is 8. The number of hydrogen-bond donors (Lipinski definition) is 8. The van der Waals surface area contributed by atoms with Crippen LogP contribution in [0.25, 0.3) is 68.0 Å². The molecule has 0 radical (unpaired) electrons. The Morgan fingerprint density at radius 1 is 0.359 bits per heavy atom. The molecule has 12 aromatic rings. The molecular weight excluding hydrogens is 1940 g/mol. The second kappa shape index (κ2) is 49.2. The van der Waals surface area contributed by atoms with Crippen molar-refractivity contribution in [3.05, 3.63) is 292 Å². The van der Waals surface area contributed by atoms with Crippen molar-refractivity contribution in [1.82, 2.24) is 102 Å². The van der Waals surface area contributed by atoms with E-state index < -0.39 is 17.6 Å². The molecule has 0 bridgehead atoms. The fourth-order valence-electron chi connectivity index (χ4n) is 18.3. The van der Waals surface area contributed by atoms with E-state index in [-0.39, 0.29) is 50.3 Å². The Hall–Kier alpha value is -12.2. The fraction of sp³-hybridized carbons (Fsp3) is 0.327. The number of carbonyl (C=O) groups is 8. The van der Waals surface area contributed by atoms with Gasteiger partial charge in [0.15, 0.2) is 0 Å². The largest absolute Gasteiger partial charge is 0.417 e. The number of halogens is 3. The van der Waals surface area contributed by atoms with Crippen LogP contribution in [0.3, 0.4) is 0 Å². The van der Waals surface area contributed by atoms with E-state index in [1.807, 2.05) is 6.07 Å². The monoisotopic (exact) mass is 2040 g/mol. The first-order valence-electron chi connectivity index (χ1n) is 47.4. The normalized spacial score (nSPS) is 21.6. The van der Waals surface area contributed by atoms with Gasteiger partial charge in [-0.2, -0.15) is 24.5 Å². The van der Waals surface area contributed by atoms with Crippen molar-refractivity contribution in [2.24, 2.45) is 23.7 Å². The summed E-state index contributed by atoms with van der Waals surface area (Å²) >= 11 is 8.68. The van der Waals surface area contributed by atoms with Gasteiger partial charge >= 0.3 is 6.18 Å². The van der Waals surface area contributed by atoms with Crippen molar-refractivity contribution in [3.8, 4) is 43.7 Å². The van der Waals surface area contributed by atoms with Crippen LogP contribution >= 0.6 is 81.1 Å². The number of nitrogens with zero attached hydrogens (tertiary/aromatic N) is 12. The smallest absolute Gasteiger partial charge is 0.308 e. The van der Waals surface area contributed by atoms with Gasteiger partial charge in [-0.15, -0.1) is 22.7 Å². The zero-order valence-electron chi connectivity index (χ0n) is 77.4. The highest BCUT2D eigenvalue weighted by atomic mass is 32.2. The number of pyridine rings is 4. The summed E-state index contributed by atoms with van der Waals surface area (Å²) in [5.74, 6) is 3.61. The average molecular weight is 2040 g/mol. The van der Waals surface area contributed by atoms with Crippen molar-refractivity contribution in [3.63, 3.8) is 0 Å². The quantitative estimate of drug-likeness (QED) is 0.0211. The van der Waals surface area contributed by atoms with Crippen LogP contribution in [-0.4, -0.2) is 129 Å². The van der Waals surface area contributed by atoms with E-state index in [9.17, 15) is 51.5 Å². The van der Waals surface area contributed by atoms with Gasteiger partial charge in [-0.05, 0) is 318 Å². The van der Waals surface area contributed by atoms with E-state index in [2.05, 4.69) is 201 Å². The molecule has 4 aliphatic carbocycles. The molecule has 4 saturated heterocycles. The van der Waals surface area contributed by atoms with Gasteiger partial charge in [0, 0.05) is 117 Å². The third-order valence-corrected chi connectivity index (χ3v) is 31.3. The second-order valence-electron chi connectivity index (χ2n) is 35.7. The number of alkyl halides is 3. The molecule has 1 unspecified atom stereocenters. The maximum absolute atomic E-state index is 13.4. The molecule has 4 saturated carbocycles. The van der Waals surface area contributed by atoms with Crippen molar-refractivity contribution < 1.29 is 51.5 Å². The molecule has 11 aromatic heterocycles. The molecule has 1 atom stereocenters. The molecule has 730 valence electrons. The summed E-state index contributed by atoms with van der Waals surface area (Å²) in [6.07, 6.45) is 29.5. The third-order valence-electron chi connectivity index (χ3n) is 25.6. The van der Waals surface area contributed by atoms with E-state index in [4.69, 9.17) is 15.0 Å². The fourth-order valence-corrected chi connectivity index (χ4v) is 23.0. The summed E-state index contributed by atoms with van der Waals surface area (Å²) in [6.45, 7) is 4.23. The molecule has 20 rings (SSSR count). The zero-order chi connectivity index (χ0) is 98.3. The van der Waals surface area contributed by atoms with E-state index in [1.165, 1.54) is 27.5 Å². The van der Waals surface area contributed by atoms with Crippen molar-refractivity contribution >= 4 is 150 Å². The van der Waals surface area contributed by atoms with Crippen molar-refractivity contribution in [1.29, 1.82) is 0 Å². The Labute approximate surface area is 848 Å². The molecule has 4 aliphatic heterocycles. The number of thioether (sulfide) groups is 4. The molecule has 28 nitrogen and oxygen atoms in total. The van der Waals surface area contributed by atoms with Crippen LogP contribution in [0.15, 0.2) is 218 Å². The van der Waals surface area contributed by atoms with Gasteiger partial charge in [0.1, 0.15) is 23.3 Å². The molecule has 0 spiro atoms. The molecule has 1 aromatic carbocycles. The minimum Gasteiger partial charge on any atom is -0.308 e. The highest BCUT2D eigenvalue weighted by Gasteiger charge is 2.36. The zero-order valence-corrected chi connectivity index (χ0v) is 83.2. The number of rotatable bonds is 28. The van der Waals surface area contributed by atoms with Crippen LogP contribution in [0.1, 0.15) is 190 Å². The minimum absolute atomic E-state index is 0.0774. The first kappa shape index (κ1) is 101. The number of amides is 8. The van der Waals surface area contributed by atoms with Gasteiger partial charge in [-0.1, -0.05) is 54.6 Å². The lowest BCUT2D eigenvalue weighted by Crippen LogP contribution is -2.35. The Morgan fingerprint density at radius 2 is 0.704 bits per heavy atom. The maximum atomic E-state index is 13.4. The van der Waals surface area contributed by atoms with Crippen LogP contribution in [0.2, 0.25) is 0 Å². The topological polar surface area (TPSA) is 387 Å². The molecule has 38 heteroatoms. The summed E-state index contributed by atoms with van der Waals surface area (Å²) in [4.78, 5) is 151. The Balaban J connectivity index is 0.000000130. The Bertz CT molecular complexity index is 6430. The summed E-state index contributed by atoms with van der Waals surface area (Å²) < 4.78 is 40.3. The Morgan fingerprint density at radius 3 is 1.04 bits per heavy atom. The van der Waals surface area contributed by atoms with Crippen LogP contribution in [0.5, 0.6) is 0 Å². The minimum atomic E-state index is -4.44. The lowest BCUT2D eigenvalue weighted by Gasteiger charge is -2.31. The van der Waals surface area contributed by atoms with E-state index in [1.54, 1.807) is 126 Å². The molecule has 142 heavy (non-hydrogen) atoms. The van der Waals surface area contributed by atoms with Gasteiger partial charge in [-0.25, -0.2) is 39.9 Å². The number of aromatic nitrogens is 12. The van der Waals surface area contributed by atoms with Gasteiger partial charge in [0.05, 0.1) is 103 Å². The summed E-state index contributed by atoms with van der Waals surface area (Å²) in [5, 5.41) is 30.6. The molecule has 8 fully saturated rings. The lowest BCUT2D eigenvalue weighted by molar-refractivity contribution is -0.137. The first-order valence-corrected chi connectivity index (χ1v) is 53.3. The SMILES string of the molecule is CC(NC1CCC(Cc2nccc(/C=C3\SC(=O)NC3=O)n2)CC1)c1cccc(-c2ccsc2)n1.O=C1NC(=O)/C(=C/c2ccnc(CC3CCC(NCc4cccc(-c5ccccc5C(F)(F)F)n4)CC3)n2)S1.O=C1NC(=O)/C(=C/c2ccnc(CC3CCC(NCc4cccc(-c5cccs5)n4)CC3)n2)S1.O=C1NC(=O)/C(=C/c2ccnc(CC3CCC(NCc4cccc(-c5cccs5)n4)CC3)n2)S1.